The van der Waals surface area contributed by atoms with Crippen molar-refractivity contribution in [3.8, 4) is 11.5 Å². The third-order valence-corrected chi connectivity index (χ3v) is 6.66. The van der Waals surface area contributed by atoms with Crippen LogP contribution in [0.5, 0.6) is 11.5 Å². The molecule has 1 aliphatic heterocycles. The number of nitrogens with zero attached hydrogens (tertiary/aromatic N) is 2. The van der Waals surface area contributed by atoms with Gasteiger partial charge in [0, 0.05) is 24.2 Å². The molecule has 1 unspecified atom stereocenters. The predicted molar refractivity (Wildman–Crippen MR) is 112 cm³/mol. The smallest absolute Gasteiger partial charge is 0.274 e. The maximum atomic E-state index is 12.5. The van der Waals surface area contributed by atoms with Gasteiger partial charge in [0.05, 0.1) is 25.7 Å². The minimum atomic E-state index is -3.77. The molecule has 1 aliphatic rings. The Morgan fingerprint density at radius 2 is 2.17 bits per heavy atom. The van der Waals surface area contributed by atoms with Crippen molar-refractivity contribution >= 4 is 27.6 Å². The monoisotopic (exact) mass is 433 g/mol. The summed E-state index contributed by atoms with van der Waals surface area (Å²) in [5.41, 5.74) is 6.69. The number of anilines is 1. The molecule has 3 rings (SSSR count). The van der Waals surface area contributed by atoms with E-state index < -0.39 is 21.9 Å². The number of amides is 1. The number of guanidine groups is 1. The van der Waals surface area contributed by atoms with Crippen LogP contribution >= 0.6 is 0 Å². The zero-order chi connectivity index (χ0) is 21.9. The molecule has 1 aromatic carbocycles. The molecular weight excluding hydrogens is 410 g/mol. The van der Waals surface area contributed by atoms with Gasteiger partial charge in [-0.3, -0.25) is 10.2 Å². The zero-order valence-corrected chi connectivity index (χ0v) is 17.4. The van der Waals surface area contributed by atoms with Gasteiger partial charge in [-0.1, -0.05) is 0 Å². The Kier molecular flexibility index (Phi) is 6.11. The molecule has 1 aromatic heterocycles. The lowest BCUT2D eigenvalue weighted by Crippen LogP contribution is -2.40. The molecule has 1 atom stereocenters. The number of rotatable bonds is 6. The first kappa shape index (κ1) is 21.4. The number of nitrogens with two attached hydrogens (primary N) is 1. The summed E-state index contributed by atoms with van der Waals surface area (Å²) in [6, 6.07) is 8.25. The molecule has 0 radical (unpaired) electrons. The van der Waals surface area contributed by atoms with Crippen LogP contribution in [0.2, 0.25) is 0 Å². The average molecular weight is 433 g/mol. The highest BCUT2D eigenvalue weighted by Crippen LogP contribution is 2.36. The number of pyridine rings is 1. The minimum Gasteiger partial charge on any atom is -0.495 e. The van der Waals surface area contributed by atoms with Crippen molar-refractivity contribution in [1.29, 1.82) is 5.41 Å². The topological polar surface area (TPSA) is 148 Å². The van der Waals surface area contributed by atoms with Crippen molar-refractivity contribution in [2.24, 2.45) is 5.73 Å². The standard InChI is InChI=1S/C19H23N5O5S/c1-24(19(20)21)30(26,27)11-12-7-8-29-17-6-3-13(9-15(12)17)23-18(25)16-5-4-14(28-2)10-22-16/h3-6,9-10,12H,7-8,11H2,1-2H3,(H3,20,21)(H,23,25). The second kappa shape index (κ2) is 8.57. The third-order valence-electron chi connectivity index (χ3n) is 4.80. The number of carbonyl (C=O) groups excluding carboxylic acids is 1. The van der Waals surface area contributed by atoms with E-state index in [1.54, 1.807) is 30.3 Å². The van der Waals surface area contributed by atoms with Crippen LogP contribution in [0.15, 0.2) is 36.5 Å². The Bertz CT molecular complexity index is 1060. The molecule has 0 saturated heterocycles. The summed E-state index contributed by atoms with van der Waals surface area (Å²) in [4.78, 5) is 16.5. The number of benzene rings is 1. The van der Waals surface area contributed by atoms with Gasteiger partial charge in [-0.05, 0) is 36.8 Å². The van der Waals surface area contributed by atoms with E-state index in [1.165, 1.54) is 20.4 Å². The fraction of sp³-hybridized carbons (Fsp3) is 0.316. The van der Waals surface area contributed by atoms with E-state index in [9.17, 15) is 13.2 Å². The molecule has 11 heteroatoms. The Hall–Kier alpha value is -3.34. The van der Waals surface area contributed by atoms with Gasteiger partial charge in [-0.15, -0.1) is 0 Å². The van der Waals surface area contributed by atoms with Crippen molar-refractivity contribution < 1.29 is 22.7 Å². The van der Waals surface area contributed by atoms with Gasteiger partial charge < -0.3 is 20.5 Å². The normalized spacial score (nSPS) is 15.5. The quantitative estimate of drug-likeness (QED) is 0.460. The van der Waals surface area contributed by atoms with E-state index in [1.807, 2.05) is 0 Å². The number of sulfonamides is 1. The Morgan fingerprint density at radius 1 is 1.40 bits per heavy atom. The van der Waals surface area contributed by atoms with Gasteiger partial charge in [-0.25, -0.2) is 17.7 Å². The SMILES string of the molecule is COc1ccc(C(=O)Nc2ccc3c(c2)C(CS(=O)(=O)N(C)C(=N)N)CCO3)nc1. The lowest BCUT2D eigenvalue weighted by Gasteiger charge is -2.28. The molecule has 10 nitrogen and oxygen atoms in total. The van der Waals surface area contributed by atoms with Crippen molar-refractivity contribution in [2.75, 3.05) is 31.8 Å². The van der Waals surface area contributed by atoms with Gasteiger partial charge in [0.15, 0.2) is 0 Å². The summed E-state index contributed by atoms with van der Waals surface area (Å²) < 4.78 is 36.5. The second-order valence-electron chi connectivity index (χ2n) is 6.76. The molecule has 1 amide bonds. The lowest BCUT2D eigenvalue weighted by atomic mass is 9.94. The van der Waals surface area contributed by atoms with Crippen LogP contribution in [-0.4, -0.2) is 56.1 Å². The number of nitrogens with one attached hydrogen (secondary N) is 2. The molecule has 4 N–H and O–H groups in total. The first-order chi connectivity index (χ1) is 14.2. The van der Waals surface area contributed by atoms with Crippen LogP contribution in [-0.2, 0) is 10.0 Å². The molecular formula is C19H23N5O5S. The average Bonchev–Trinajstić information content (AvgIpc) is 2.73. The first-order valence-electron chi connectivity index (χ1n) is 9.10. The first-order valence-corrected chi connectivity index (χ1v) is 10.7. The second-order valence-corrected chi connectivity index (χ2v) is 8.80. The number of carbonyl (C=O) groups is 1. The van der Waals surface area contributed by atoms with E-state index in [0.717, 1.165) is 4.31 Å². The summed E-state index contributed by atoms with van der Waals surface area (Å²) in [6.07, 6.45) is 1.93. The molecule has 2 aromatic rings. The van der Waals surface area contributed by atoms with E-state index >= 15 is 0 Å². The molecule has 0 bridgehead atoms. The number of fused-ring (bicyclic) bond motifs is 1. The van der Waals surface area contributed by atoms with Crippen LogP contribution in [0.25, 0.3) is 0 Å². The van der Waals surface area contributed by atoms with Gasteiger partial charge >= 0.3 is 0 Å². The summed E-state index contributed by atoms with van der Waals surface area (Å²) in [7, 11) is -1.01. The van der Waals surface area contributed by atoms with E-state index in [-0.39, 0.29) is 17.4 Å². The Labute approximate surface area is 174 Å². The molecule has 160 valence electrons. The number of ether oxygens (including phenoxy) is 2. The molecule has 0 spiro atoms. The van der Waals surface area contributed by atoms with Crippen LogP contribution in [0, 0.1) is 5.41 Å². The fourth-order valence-corrected chi connectivity index (χ4v) is 4.44. The predicted octanol–water partition coefficient (Wildman–Crippen LogP) is 1.36. The van der Waals surface area contributed by atoms with Crippen LogP contribution in [0.3, 0.4) is 0 Å². The van der Waals surface area contributed by atoms with E-state index in [4.69, 9.17) is 20.6 Å². The lowest BCUT2D eigenvalue weighted by molar-refractivity contribution is 0.102. The minimum absolute atomic E-state index is 0.215. The summed E-state index contributed by atoms with van der Waals surface area (Å²) in [5, 5.41) is 10.1. The van der Waals surface area contributed by atoms with Crippen LogP contribution < -0.4 is 20.5 Å². The van der Waals surface area contributed by atoms with Crippen molar-refractivity contribution in [2.45, 2.75) is 12.3 Å². The Balaban J connectivity index is 1.81. The molecule has 0 fully saturated rings. The fourth-order valence-electron chi connectivity index (χ4n) is 3.06. The maximum Gasteiger partial charge on any atom is 0.274 e. The van der Waals surface area contributed by atoms with Crippen LogP contribution in [0.1, 0.15) is 28.4 Å². The highest BCUT2D eigenvalue weighted by Gasteiger charge is 2.30. The van der Waals surface area contributed by atoms with Crippen molar-refractivity contribution in [1.82, 2.24) is 9.29 Å². The highest BCUT2D eigenvalue weighted by molar-refractivity contribution is 7.89. The molecule has 0 saturated carbocycles. The largest absolute Gasteiger partial charge is 0.495 e. The van der Waals surface area contributed by atoms with Crippen LogP contribution in [0.4, 0.5) is 5.69 Å². The molecule has 0 aliphatic carbocycles. The summed E-state index contributed by atoms with van der Waals surface area (Å²) in [5.74, 6) is -0.442. The number of aromatic nitrogens is 1. The third kappa shape index (κ3) is 4.62. The van der Waals surface area contributed by atoms with E-state index in [2.05, 4.69) is 10.3 Å². The van der Waals surface area contributed by atoms with Gasteiger partial charge in [-0.2, -0.15) is 0 Å². The number of hydrogen-bond donors (Lipinski definition) is 3. The molecule has 30 heavy (non-hydrogen) atoms. The highest BCUT2D eigenvalue weighted by atomic mass is 32.2. The number of methoxy groups -OCH3 is 1. The van der Waals surface area contributed by atoms with E-state index in [0.29, 0.717) is 35.8 Å². The van der Waals surface area contributed by atoms with Crippen molar-refractivity contribution in [3.05, 3.63) is 47.8 Å². The van der Waals surface area contributed by atoms with Gasteiger partial charge in [0.1, 0.15) is 17.2 Å². The maximum absolute atomic E-state index is 12.5. The summed E-state index contributed by atoms with van der Waals surface area (Å²) >= 11 is 0. The van der Waals surface area contributed by atoms with Crippen molar-refractivity contribution in [3.63, 3.8) is 0 Å². The Morgan fingerprint density at radius 3 is 2.80 bits per heavy atom. The van der Waals surface area contributed by atoms with Gasteiger partial charge in [0.2, 0.25) is 16.0 Å². The zero-order valence-electron chi connectivity index (χ0n) is 16.6. The summed E-state index contributed by atoms with van der Waals surface area (Å²) in [6.45, 7) is 0.373. The molecule has 2 heterocycles. The van der Waals surface area contributed by atoms with Gasteiger partial charge in [0.25, 0.3) is 5.91 Å². The number of hydrogen-bond acceptors (Lipinski definition) is 7.